The number of rotatable bonds is 10. The van der Waals surface area contributed by atoms with Crippen molar-refractivity contribution in [2.45, 2.75) is 26.4 Å². The quantitative estimate of drug-likeness (QED) is 0.693. The molecule has 114 valence electrons. The molecule has 1 aromatic heterocycles. The lowest BCUT2D eigenvalue weighted by Gasteiger charge is -2.23. The highest BCUT2D eigenvalue weighted by molar-refractivity contribution is 5.36. The SMILES string of the molecule is COCCN(CCOC)c1cncc(CNC(C)C)n1. The highest BCUT2D eigenvalue weighted by atomic mass is 16.5. The first-order valence-corrected chi connectivity index (χ1v) is 6.94. The third kappa shape index (κ3) is 6.27. The molecule has 0 saturated carbocycles. The van der Waals surface area contributed by atoms with E-state index in [2.05, 4.69) is 34.0 Å². The van der Waals surface area contributed by atoms with E-state index >= 15 is 0 Å². The minimum Gasteiger partial charge on any atom is -0.383 e. The fourth-order valence-electron chi connectivity index (χ4n) is 1.68. The van der Waals surface area contributed by atoms with Gasteiger partial charge in [0.2, 0.25) is 0 Å². The Morgan fingerprint density at radius 1 is 1.15 bits per heavy atom. The van der Waals surface area contributed by atoms with Gasteiger partial charge in [0.15, 0.2) is 0 Å². The van der Waals surface area contributed by atoms with Crippen molar-refractivity contribution in [3.8, 4) is 0 Å². The molecule has 0 radical (unpaired) electrons. The van der Waals surface area contributed by atoms with Crippen molar-refractivity contribution in [1.82, 2.24) is 15.3 Å². The number of methoxy groups -OCH3 is 2. The van der Waals surface area contributed by atoms with Gasteiger partial charge in [0.25, 0.3) is 0 Å². The molecule has 1 heterocycles. The number of aromatic nitrogens is 2. The van der Waals surface area contributed by atoms with Crippen molar-refractivity contribution in [3.05, 3.63) is 18.1 Å². The molecule has 0 aliphatic carbocycles. The molecule has 0 aliphatic rings. The minimum atomic E-state index is 0.429. The van der Waals surface area contributed by atoms with Gasteiger partial charge >= 0.3 is 0 Å². The molecule has 0 aliphatic heterocycles. The van der Waals surface area contributed by atoms with Crippen LogP contribution in [0.3, 0.4) is 0 Å². The maximum atomic E-state index is 5.14. The molecule has 0 amide bonds. The molecule has 20 heavy (non-hydrogen) atoms. The van der Waals surface area contributed by atoms with Gasteiger partial charge < -0.3 is 19.7 Å². The molecular weight excluding hydrogens is 256 g/mol. The number of ether oxygens (including phenoxy) is 2. The summed E-state index contributed by atoms with van der Waals surface area (Å²) in [5.74, 6) is 0.863. The summed E-state index contributed by atoms with van der Waals surface area (Å²) in [5.41, 5.74) is 0.941. The van der Waals surface area contributed by atoms with E-state index < -0.39 is 0 Å². The molecule has 1 aromatic rings. The van der Waals surface area contributed by atoms with Crippen molar-refractivity contribution >= 4 is 5.82 Å². The Kier molecular flexibility index (Phi) is 8.10. The van der Waals surface area contributed by atoms with Crippen LogP contribution in [0.5, 0.6) is 0 Å². The van der Waals surface area contributed by atoms with E-state index in [9.17, 15) is 0 Å². The molecule has 0 fully saturated rings. The maximum Gasteiger partial charge on any atom is 0.147 e. The molecule has 1 N–H and O–H groups in total. The zero-order valence-electron chi connectivity index (χ0n) is 12.9. The molecule has 0 bridgehead atoms. The van der Waals surface area contributed by atoms with Crippen LogP contribution >= 0.6 is 0 Å². The first-order chi connectivity index (χ1) is 9.67. The Labute approximate surface area is 121 Å². The molecule has 0 spiro atoms. The summed E-state index contributed by atoms with van der Waals surface area (Å²) in [4.78, 5) is 11.0. The van der Waals surface area contributed by atoms with Gasteiger partial charge in [-0.3, -0.25) is 4.98 Å². The molecule has 0 atom stereocenters. The Morgan fingerprint density at radius 2 is 1.80 bits per heavy atom. The summed E-state index contributed by atoms with van der Waals surface area (Å²) < 4.78 is 10.3. The van der Waals surface area contributed by atoms with Crippen molar-refractivity contribution in [2.24, 2.45) is 0 Å². The summed E-state index contributed by atoms with van der Waals surface area (Å²) >= 11 is 0. The van der Waals surface area contributed by atoms with E-state index in [1.165, 1.54) is 0 Å². The molecule has 6 nitrogen and oxygen atoms in total. The number of hydrogen-bond acceptors (Lipinski definition) is 6. The third-order valence-corrected chi connectivity index (χ3v) is 2.82. The standard InChI is InChI=1S/C14H26N4O2/c1-12(2)16-10-13-9-15-11-14(17-13)18(5-7-19-3)6-8-20-4/h9,11-12,16H,5-8,10H2,1-4H3. The molecular formula is C14H26N4O2. The largest absolute Gasteiger partial charge is 0.383 e. The van der Waals surface area contributed by atoms with Gasteiger partial charge in [0.1, 0.15) is 5.82 Å². The molecule has 0 unspecified atom stereocenters. The third-order valence-electron chi connectivity index (χ3n) is 2.82. The summed E-state index contributed by atoms with van der Waals surface area (Å²) in [6.45, 7) is 7.80. The van der Waals surface area contributed by atoms with E-state index in [1.807, 2.05) is 0 Å². The Morgan fingerprint density at radius 3 is 2.35 bits per heavy atom. The first-order valence-electron chi connectivity index (χ1n) is 6.94. The zero-order valence-corrected chi connectivity index (χ0v) is 12.9. The predicted molar refractivity (Wildman–Crippen MR) is 80.0 cm³/mol. The lowest BCUT2D eigenvalue weighted by Crippen LogP contribution is -2.32. The highest BCUT2D eigenvalue weighted by Crippen LogP contribution is 2.09. The normalized spacial score (nSPS) is 11.1. The van der Waals surface area contributed by atoms with E-state index in [1.54, 1.807) is 26.6 Å². The van der Waals surface area contributed by atoms with Crippen molar-refractivity contribution in [3.63, 3.8) is 0 Å². The van der Waals surface area contributed by atoms with E-state index in [0.29, 0.717) is 19.3 Å². The van der Waals surface area contributed by atoms with Crippen LogP contribution in [-0.2, 0) is 16.0 Å². The summed E-state index contributed by atoms with van der Waals surface area (Å²) in [6, 6.07) is 0.429. The van der Waals surface area contributed by atoms with Gasteiger partial charge in [-0.15, -0.1) is 0 Å². The fraction of sp³-hybridized carbons (Fsp3) is 0.714. The smallest absolute Gasteiger partial charge is 0.147 e. The lowest BCUT2D eigenvalue weighted by molar-refractivity contribution is 0.190. The van der Waals surface area contributed by atoms with E-state index in [0.717, 1.165) is 31.1 Å². The monoisotopic (exact) mass is 282 g/mol. The molecule has 0 saturated heterocycles. The predicted octanol–water partition coefficient (Wildman–Crippen LogP) is 1.07. The average molecular weight is 282 g/mol. The lowest BCUT2D eigenvalue weighted by atomic mass is 10.3. The summed E-state index contributed by atoms with van der Waals surface area (Å²) in [7, 11) is 3.40. The van der Waals surface area contributed by atoms with Crippen LogP contribution in [-0.4, -0.2) is 56.5 Å². The van der Waals surface area contributed by atoms with Crippen LogP contribution in [0.4, 0.5) is 5.82 Å². The van der Waals surface area contributed by atoms with Crippen molar-refractivity contribution in [2.75, 3.05) is 45.4 Å². The topological polar surface area (TPSA) is 59.5 Å². The van der Waals surface area contributed by atoms with Gasteiger partial charge in [0.05, 0.1) is 25.1 Å². The number of nitrogens with zero attached hydrogens (tertiary/aromatic N) is 3. The highest BCUT2D eigenvalue weighted by Gasteiger charge is 2.09. The Hall–Kier alpha value is -1.24. The average Bonchev–Trinajstić information content (AvgIpc) is 2.45. The van der Waals surface area contributed by atoms with E-state index in [4.69, 9.17) is 9.47 Å². The Balaban J connectivity index is 2.70. The van der Waals surface area contributed by atoms with Gasteiger partial charge in [-0.2, -0.15) is 0 Å². The number of nitrogens with one attached hydrogen (secondary N) is 1. The van der Waals surface area contributed by atoms with Crippen LogP contribution < -0.4 is 10.2 Å². The van der Waals surface area contributed by atoms with E-state index in [-0.39, 0.29) is 0 Å². The van der Waals surface area contributed by atoms with Crippen molar-refractivity contribution in [1.29, 1.82) is 0 Å². The van der Waals surface area contributed by atoms with Crippen LogP contribution in [0, 0.1) is 0 Å². The number of anilines is 1. The maximum absolute atomic E-state index is 5.14. The van der Waals surface area contributed by atoms with Crippen LogP contribution in [0.25, 0.3) is 0 Å². The van der Waals surface area contributed by atoms with Gasteiger partial charge in [-0.05, 0) is 0 Å². The summed E-state index contributed by atoms with van der Waals surface area (Å²) in [6.07, 6.45) is 3.58. The molecule has 1 rings (SSSR count). The van der Waals surface area contributed by atoms with Gasteiger partial charge in [-0.1, -0.05) is 13.8 Å². The molecule has 6 heteroatoms. The van der Waals surface area contributed by atoms with Gasteiger partial charge in [0, 0.05) is 46.1 Å². The van der Waals surface area contributed by atoms with Crippen LogP contribution in [0.15, 0.2) is 12.4 Å². The second-order valence-corrected chi connectivity index (χ2v) is 4.88. The fourth-order valence-corrected chi connectivity index (χ4v) is 1.68. The second kappa shape index (κ2) is 9.63. The zero-order chi connectivity index (χ0) is 14.8. The second-order valence-electron chi connectivity index (χ2n) is 4.88. The first kappa shape index (κ1) is 16.8. The number of hydrogen-bond donors (Lipinski definition) is 1. The van der Waals surface area contributed by atoms with Crippen molar-refractivity contribution < 1.29 is 9.47 Å². The van der Waals surface area contributed by atoms with Gasteiger partial charge in [-0.25, -0.2) is 4.98 Å². The summed E-state index contributed by atoms with van der Waals surface area (Å²) in [5, 5.41) is 3.34. The minimum absolute atomic E-state index is 0.429. The van der Waals surface area contributed by atoms with Crippen LogP contribution in [0.2, 0.25) is 0 Å². The molecule has 0 aromatic carbocycles. The Bertz CT molecular complexity index is 366. The van der Waals surface area contributed by atoms with Crippen LogP contribution in [0.1, 0.15) is 19.5 Å².